The van der Waals surface area contributed by atoms with Gasteiger partial charge < -0.3 is 5.32 Å². The molecule has 7 nitrogen and oxygen atoms in total. The third-order valence-corrected chi connectivity index (χ3v) is 6.13. The van der Waals surface area contributed by atoms with Gasteiger partial charge in [0.05, 0.1) is 22.0 Å². The number of nitrogens with one attached hydrogen (secondary N) is 2. The fourth-order valence-electron chi connectivity index (χ4n) is 2.75. The van der Waals surface area contributed by atoms with Crippen LogP contribution in [0, 0.1) is 6.92 Å². The highest BCUT2D eigenvalue weighted by Crippen LogP contribution is 2.34. The highest BCUT2D eigenvalue weighted by Gasteiger charge is 2.32. The smallest absolute Gasteiger partial charge is 0.311 e. The Morgan fingerprint density at radius 2 is 1.78 bits per heavy atom. The largest absolute Gasteiger partial charge is 0.416 e. The van der Waals surface area contributed by atoms with Crippen molar-refractivity contribution in [2.24, 2.45) is 0 Å². The van der Waals surface area contributed by atoms with Crippen LogP contribution in [0.5, 0.6) is 0 Å². The minimum atomic E-state index is -4.66. The fraction of sp³-hybridized carbons (Fsp3) is 0.150. The van der Waals surface area contributed by atoms with Crippen LogP contribution in [-0.4, -0.2) is 24.3 Å². The van der Waals surface area contributed by atoms with E-state index in [0.29, 0.717) is 34.8 Å². The molecular weight excluding hydrogens is 469 g/mol. The molecule has 1 amide bonds. The number of rotatable bonds is 5. The number of aryl methyl sites for hydroxylation is 1. The lowest BCUT2D eigenvalue weighted by Gasteiger charge is -2.14. The van der Waals surface area contributed by atoms with Crippen molar-refractivity contribution in [2.45, 2.75) is 24.9 Å². The molecule has 0 unspecified atom stereocenters. The minimum absolute atomic E-state index is 0.108. The molecule has 3 rings (SSSR count). The van der Waals surface area contributed by atoms with Gasteiger partial charge in [-0.2, -0.15) is 13.2 Å². The molecule has 0 aliphatic heterocycles. The van der Waals surface area contributed by atoms with E-state index in [-0.39, 0.29) is 11.6 Å². The Kier molecular flexibility index (Phi) is 6.42. The first kappa shape index (κ1) is 23.5. The molecule has 12 heteroatoms. The first-order valence-electron chi connectivity index (χ1n) is 8.97. The molecule has 2 aromatic heterocycles. The molecule has 1 aromatic carbocycles. The van der Waals surface area contributed by atoms with Crippen molar-refractivity contribution < 1.29 is 26.4 Å². The van der Waals surface area contributed by atoms with E-state index < -0.39 is 31.7 Å². The molecule has 0 bridgehead atoms. The summed E-state index contributed by atoms with van der Waals surface area (Å²) in [6.45, 7) is 2.90. The number of halogens is 4. The van der Waals surface area contributed by atoms with Crippen molar-refractivity contribution in [1.29, 1.82) is 0 Å². The van der Waals surface area contributed by atoms with Crippen molar-refractivity contribution in [3.8, 4) is 11.1 Å². The molecule has 0 fully saturated rings. The predicted octanol–water partition coefficient (Wildman–Crippen LogP) is 4.88. The van der Waals surface area contributed by atoms with E-state index >= 15 is 0 Å². The number of carbonyl (C=O) groups is 1. The van der Waals surface area contributed by atoms with Crippen LogP contribution in [0.4, 0.5) is 24.7 Å². The first-order valence-corrected chi connectivity index (χ1v) is 10.8. The van der Waals surface area contributed by atoms with Crippen molar-refractivity contribution in [3.05, 3.63) is 65.1 Å². The SMILES string of the molecule is CC(=O)Nc1cc(-c2cnc(C)c(NS(=O)(=O)c3ccc(C(F)(F)F)cc3Cl)c2)ccn1. The Labute approximate surface area is 186 Å². The molecule has 2 N–H and O–H groups in total. The van der Waals surface area contributed by atoms with E-state index in [2.05, 4.69) is 20.0 Å². The lowest BCUT2D eigenvalue weighted by atomic mass is 10.1. The van der Waals surface area contributed by atoms with Gasteiger partial charge >= 0.3 is 6.18 Å². The Morgan fingerprint density at radius 1 is 1.06 bits per heavy atom. The van der Waals surface area contributed by atoms with E-state index in [1.807, 2.05) is 0 Å². The zero-order valence-corrected chi connectivity index (χ0v) is 18.2. The molecular formula is C20H16ClF3N4O3S. The van der Waals surface area contributed by atoms with E-state index in [1.165, 1.54) is 25.4 Å². The molecule has 2 heterocycles. The Bertz CT molecular complexity index is 1300. The average Bonchev–Trinajstić information content (AvgIpc) is 2.68. The molecule has 32 heavy (non-hydrogen) atoms. The van der Waals surface area contributed by atoms with Gasteiger partial charge in [0, 0.05) is 24.9 Å². The summed E-state index contributed by atoms with van der Waals surface area (Å²) in [4.78, 5) is 18.9. The van der Waals surface area contributed by atoms with Crippen molar-refractivity contribution in [3.63, 3.8) is 0 Å². The quantitative estimate of drug-likeness (QED) is 0.537. The predicted molar refractivity (Wildman–Crippen MR) is 114 cm³/mol. The molecule has 168 valence electrons. The van der Waals surface area contributed by atoms with Gasteiger partial charge in [-0.3, -0.25) is 14.5 Å². The summed E-state index contributed by atoms with van der Waals surface area (Å²) in [5.41, 5.74) is 0.492. The normalized spacial score (nSPS) is 11.8. The Morgan fingerprint density at radius 3 is 2.41 bits per heavy atom. The zero-order chi connectivity index (χ0) is 23.7. The molecule has 0 saturated heterocycles. The van der Waals surface area contributed by atoms with Crippen LogP contribution in [-0.2, 0) is 21.0 Å². The summed E-state index contributed by atoms with van der Waals surface area (Å²) in [5, 5.41) is 1.98. The number of carbonyl (C=O) groups excluding carboxylic acids is 1. The van der Waals surface area contributed by atoms with Gasteiger partial charge in [-0.15, -0.1) is 0 Å². The van der Waals surface area contributed by atoms with Gasteiger partial charge in [-0.25, -0.2) is 13.4 Å². The van der Waals surface area contributed by atoms with Crippen LogP contribution in [0.15, 0.2) is 53.7 Å². The molecule has 0 aliphatic rings. The summed E-state index contributed by atoms with van der Waals surface area (Å²) >= 11 is 5.84. The first-order chi connectivity index (χ1) is 14.9. The average molecular weight is 485 g/mol. The number of hydrogen-bond donors (Lipinski definition) is 2. The maximum absolute atomic E-state index is 12.8. The van der Waals surface area contributed by atoms with Gasteiger partial charge in [-0.1, -0.05) is 11.6 Å². The number of alkyl halides is 3. The lowest BCUT2D eigenvalue weighted by Crippen LogP contribution is -2.15. The Hall–Kier alpha value is -3.18. The van der Waals surface area contributed by atoms with E-state index in [1.54, 1.807) is 19.1 Å². The number of amides is 1. The van der Waals surface area contributed by atoms with Crippen LogP contribution in [0.1, 0.15) is 18.2 Å². The summed E-state index contributed by atoms with van der Waals surface area (Å²) in [5.74, 6) is -0.00667. The van der Waals surface area contributed by atoms with Crippen molar-refractivity contribution in [1.82, 2.24) is 9.97 Å². The topological polar surface area (TPSA) is 101 Å². The van der Waals surface area contributed by atoms with Crippen molar-refractivity contribution in [2.75, 3.05) is 10.0 Å². The maximum Gasteiger partial charge on any atom is 0.416 e. The number of anilines is 2. The van der Waals surface area contributed by atoms with Gasteiger partial charge in [0.25, 0.3) is 10.0 Å². The molecule has 0 saturated carbocycles. The number of hydrogen-bond acceptors (Lipinski definition) is 5. The number of aromatic nitrogens is 2. The zero-order valence-electron chi connectivity index (χ0n) is 16.7. The summed E-state index contributed by atoms with van der Waals surface area (Å²) < 4.78 is 66.4. The number of sulfonamides is 1. The number of benzene rings is 1. The molecule has 3 aromatic rings. The van der Waals surface area contributed by atoms with E-state index in [4.69, 9.17) is 11.6 Å². The number of pyridine rings is 2. The van der Waals surface area contributed by atoms with Crippen LogP contribution in [0.25, 0.3) is 11.1 Å². The Balaban J connectivity index is 1.95. The standard InChI is InChI=1S/C20H16ClF3N4O3S/c1-11-17(7-14(10-26-11)13-5-6-25-19(8-13)27-12(2)29)28-32(30,31)18-4-3-15(9-16(18)21)20(22,23)24/h3-10,28H,1-2H3,(H,25,27,29). The second kappa shape index (κ2) is 8.75. The monoisotopic (exact) mass is 484 g/mol. The van der Waals surface area contributed by atoms with E-state index in [0.717, 1.165) is 6.07 Å². The molecule has 0 aliphatic carbocycles. The van der Waals surface area contributed by atoms with Crippen LogP contribution >= 0.6 is 11.6 Å². The third-order valence-electron chi connectivity index (χ3n) is 4.28. The molecule has 0 spiro atoms. The van der Waals surface area contributed by atoms with Crippen molar-refractivity contribution >= 4 is 39.0 Å². The molecule has 0 radical (unpaired) electrons. The summed E-state index contributed by atoms with van der Waals surface area (Å²) in [6, 6.07) is 6.72. The third kappa shape index (κ3) is 5.35. The molecule has 0 atom stereocenters. The minimum Gasteiger partial charge on any atom is -0.311 e. The number of nitrogens with zero attached hydrogens (tertiary/aromatic N) is 2. The van der Waals surface area contributed by atoms with Gasteiger partial charge in [0.1, 0.15) is 10.7 Å². The van der Waals surface area contributed by atoms with Gasteiger partial charge in [-0.05, 0) is 48.9 Å². The summed E-state index contributed by atoms with van der Waals surface area (Å²) in [7, 11) is -4.31. The summed E-state index contributed by atoms with van der Waals surface area (Å²) in [6.07, 6.45) is -1.69. The van der Waals surface area contributed by atoms with Crippen LogP contribution in [0.2, 0.25) is 5.02 Å². The van der Waals surface area contributed by atoms with Gasteiger partial charge in [0.2, 0.25) is 5.91 Å². The fourth-order valence-corrected chi connectivity index (χ4v) is 4.40. The van der Waals surface area contributed by atoms with Crippen LogP contribution < -0.4 is 10.0 Å². The highest BCUT2D eigenvalue weighted by molar-refractivity contribution is 7.92. The van der Waals surface area contributed by atoms with E-state index in [9.17, 15) is 26.4 Å². The maximum atomic E-state index is 12.8. The van der Waals surface area contributed by atoms with Gasteiger partial charge in [0.15, 0.2) is 0 Å². The second-order valence-electron chi connectivity index (χ2n) is 6.72. The second-order valence-corrected chi connectivity index (χ2v) is 8.77. The highest BCUT2D eigenvalue weighted by atomic mass is 35.5. The lowest BCUT2D eigenvalue weighted by molar-refractivity contribution is -0.137. The van der Waals surface area contributed by atoms with Crippen LogP contribution in [0.3, 0.4) is 0 Å².